The lowest BCUT2D eigenvalue weighted by atomic mass is 9.73. The van der Waals surface area contributed by atoms with Crippen molar-refractivity contribution in [1.29, 1.82) is 0 Å². The molecule has 1 saturated heterocycles. The summed E-state index contributed by atoms with van der Waals surface area (Å²) >= 11 is 6.19. The van der Waals surface area contributed by atoms with Gasteiger partial charge in [0.2, 0.25) is 5.91 Å². The van der Waals surface area contributed by atoms with Gasteiger partial charge in [-0.05, 0) is 37.5 Å². The molecule has 2 aliphatic rings. The van der Waals surface area contributed by atoms with E-state index in [9.17, 15) is 9.59 Å². The summed E-state index contributed by atoms with van der Waals surface area (Å²) in [6.45, 7) is 1.59. The zero-order valence-corrected chi connectivity index (χ0v) is 14.8. The van der Waals surface area contributed by atoms with Crippen LogP contribution in [0.5, 0.6) is 5.75 Å². The summed E-state index contributed by atoms with van der Waals surface area (Å²) in [5.41, 5.74) is 0.620. The van der Waals surface area contributed by atoms with E-state index in [0.717, 1.165) is 24.2 Å². The number of amides is 1. The number of halogens is 1. The van der Waals surface area contributed by atoms with Crippen LogP contribution in [0.3, 0.4) is 0 Å². The Morgan fingerprint density at radius 3 is 2.68 bits per heavy atom. The van der Waals surface area contributed by atoms with E-state index in [0.29, 0.717) is 31.2 Å². The number of methoxy groups -OCH3 is 1. The fraction of sp³-hybridized carbons (Fsp3) is 0.556. The highest BCUT2D eigenvalue weighted by Gasteiger charge is 2.49. The van der Waals surface area contributed by atoms with Crippen LogP contribution in [0.25, 0.3) is 0 Å². The average molecular weight is 368 g/mol. The van der Waals surface area contributed by atoms with Crippen molar-refractivity contribution in [3.8, 4) is 5.75 Å². The van der Waals surface area contributed by atoms with Gasteiger partial charge in [-0.15, -0.1) is 0 Å². The van der Waals surface area contributed by atoms with Crippen molar-refractivity contribution in [2.75, 3.05) is 26.9 Å². The van der Waals surface area contributed by atoms with E-state index in [1.54, 1.807) is 13.2 Å². The summed E-state index contributed by atoms with van der Waals surface area (Å²) in [7, 11) is 1.61. The molecule has 25 heavy (non-hydrogen) atoms. The van der Waals surface area contributed by atoms with Gasteiger partial charge in [-0.1, -0.05) is 11.6 Å². The lowest BCUT2D eigenvalue weighted by Crippen LogP contribution is -2.45. The number of hydrogen-bond acceptors (Lipinski definition) is 4. The monoisotopic (exact) mass is 367 g/mol. The molecule has 0 radical (unpaired) electrons. The highest BCUT2D eigenvalue weighted by Crippen LogP contribution is 2.42. The minimum Gasteiger partial charge on any atom is -0.496 e. The molecule has 2 fully saturated rings. The van der Waals surface area contributed by atoms with Crippen molar-refractivity contribution in [2.24, 2.45) is 11.8 Å². The normalized spacial score (nSPS) is 24.4. The second-order valence-electron chi connectivity index (χ2n) is 6.74. The number of rotatable bonds is 6. The molecule has 1 aromatic carbocycles. The summed E-state index contributed by atoms with van der Waals surface area (Å²) in [6.07, 6.45) is 1.88. The van der Waals surface area contributed by atoms with Crippen molar-refractivity contribution in [2.45, 2.75) is 24.7 Å². The van der Waals surface area contributed by atoms with Crippen LogP contribution in [0.2, 0.25) is 5.02 Å². The molecule has 136 valence electrons. The number of carboxylic acids is 1. The molecular weight excluding hydrogens is 346 g/mol. The van der Waals surface area contributed by atoms with Crippen LogP contribution < -0.4 is 10.1 Å². The van der Waals surface area contributed by atoms with E-state index in [2.05, 4.69) is 5.32 Å². The fourth-order valence-electron chi connectivity index (χ4n) is 3.54. The number of ether oxygens (including phenoxy) is 2. The number of carbonyl (C=O) groups is 2. The first-order valence-corrected chi connectivity index (χ1v) is 8.77. The van der Waals surface area contributed by atoms with Gasteiger partial charge in [0.25, 0.3) is 0 Å². The molecule has 1 heterocycles. The van der Waals surface area contributed by atoms with Crippen LogP contribution in [-0.4, -0.2) is 43.9 Å². The Balaban J connectivity index is 1.79. The molecule has 1 saturated carbocycles. The quantitative estimate of drug-likeness (QED) is 0.805. The number of benzene rings is 1. The van der Waals surface area contributed by atoms with Crippen molar-refractivity contribution in [3.05, 3.63) is 28.8 Å². The van der Waals surface area contributed by atoms with Gasteiger partial charge in [-0.25, -0.2) is 0 Å². The third kappa shape index (κ3) is 3.75. The van der Waals surface area contributed by atoms with Crippen LogP contribution in [-0.2, 0) is 19.7 Å². The molecule has 0 bridgehead atoms. The predicted molar refractivity (Wildman–Crippen MR) is 92.0 cm³/mol. The summed E-state index contributed by atoms with van der Waals surface area (Å²) in [5.74, 6) is -1.34. The molecule has 7 heteroatoms. The predicted octanol–water partition coefficient (Wildman–Crippen LogP) is 2.23. The molecule has 1 aliphatic heterocycles. The van der Waals surface area contributed by atoms with Crippen LogP contribution in [0.4, 0.5) is 0 Å². The van der Waals surface area contributed by atoms with Crippen molar-refractivity contribution >= 4 is 23.5 Å². The van der Waals surface area contributed by atoms with Crippen LogP contribution in [0, 0.1) is 11.8 Å². The summed E-state index contributed by atoms with van der Waals surface area (Å²) in [4.78, 5) is 23.3. The summed E-state index contributed by atoms with van der Waals surface area (Å²) in [6, 6.07) is 5.49. The standard InChI is InChI=1S/C18H22ClNO5/c1-24-15-3-2-11(19)8-14(15)18(4-6-25-7-5-18)10-20-16(21)12-9-13(12)17(22)23/h2-3,8,12-13H,4-7,9-10H2,1H3,(H,20,21)(H,22,23). The number of aliphatic carboxylic acids is 1. The first kappa shape index (κ1) is 18.0. The van der Waals surface area contributed by atoms with Gasteiger partial charge in [0.1, 0.15) is 5.75 Å². The SMILES string of the molecule is COc1ccc(Cl)cc1C1(CNC(=O)C2CC2C(=O)O)CCOCC1. The topological polar surface area (TPSA) is 84.9 Å². The molecular formula is C18H22ClNO5. The van der Waals surface area contributed by atoms with Gasteiger partial charge < -0.3 is 19.9 Å². The zero-order chi connectivity index (χ0) is 18.0. The van der Waals surface area contributed by atoms with Gasteiger partial charge in [-0.2, -0.15) is 0 Å². The van der Waals surface area contributed by atoms with Crippen molar-refractivity contribution in [1.82, 2.24) is 5.32 Å². The summed E-state index contributed by atoms with van der Waals surface area (Å²) in [5, 5.41) is 12.6. The fourth-order valence-corrected chi connectivity index (χ4v) is 3.72. The Hall–Kier alpha value is -1.79. The first-order chi connectivity index (χ1) is 12.0. The molecule has 0 aromatic heterocycles. The number of carbonyl (C=O) groups excluding carboxylic acids is 1. The van der Waals surface area contributed by atoms with Gasteiger partial charge >= 0.3 is 5.97 Å². The van der Waals surface area contributed by atoms with Crippen molar-refractivity contribution in [3.63, 3.8) is 0 Å². The maximum absolute atomic E-state index is 12.3. The smallest absolute Gasteiger partial charge is 0.307 e. The van der Waals surface area contributed by atoms with Crippen LogP contribution >= 0.6 is 11.6 Å². The maximum Gasteiger partial charge on any atom is 0.307 e. The second-order valence-corrected chi connectivity index (χ2v) is 7.18. The van der Waals surface area contributed by atoms with Crippen LogP contribution in [0.1, 0.15) is 24.8 Å². The van der Waals surface area contributed by atoms with Crippen molar-refractivity contribution < 1.29 is 24.2 Å². The molecule has 2 unspecified atom stereocenters. The molecule has 1 amide bonds. The third-order valence-corrected chi connectivity index (χ3v) is 5.46. The van der Waals surface area contributed by atoms with E-state index >= 15 is 0 Å². The second kappa shape index (κ2) is 7.22. The maximum atomic E-state index is 12.3. The Kier molecular flexibility index (Phi) is 5.20. The molecule has 2 atom stereocenters. The Morgan fingerprint density at radius 2 is 2.08 bits per heavy atom. The largest absolute Gasteiger partial charge is 0.496 e. The molecule has 1 aliphatic carbocycles. The van der Waals surface area contributed by atoms with Gasteiger partial charge in [0.05, 0.1) is 18.9 Å². The minimum absolute atomic E-state index is 0.195. The highest BCUT2D eigenvalue weighted by molar-refractivity contribution is 6.30. The first-order valence-electron chi connectivity index (χ1n) is 8.39. The van der Waals surface area contributed by atoms with E-state index < -0.39 is 17.8 Å². The van der Waals surface area contributed by atoms with E-state index in [1.165, 1.54) is 0 Å². The highest BCUT2D eigenvalue weighted by atomic mass is 35.5. The Bertz CT molecular complexity index is 671. The zero-order valence-electron chi connectivity index (χ0n) is 14.1. The summed E-state index contributed by atoms with van der Waals surface area (Å²) < 4.78 is 11.0. The van der Waals surface area contributed by atoms with E-state index in [-0.39, 0.29) is 11.3 Å². The van der Waals surface area contributed by atoms with E-state index in [1.807, 2.05) is 12.1 Å². The minimum atomic E-state index is -0.905. The number of carboxylic acid groups (broad SMARTS) is 1. The number of hydrogen-bond donors (Lipinski definition) is 2. The molecule has 6 nitrogen and oxygen atoms in total. The third-order valence-electron chi connectivity index (χ3n) is 5.23. The van der Waals surface area contributed by atoms with Gasteiger partial charge in [0.15, 0.2) is 0 Å². The molecule has 0 spiro atoms. The molecule has 3 rings (SSSR count). The lowest BCUT2D eigenvalue weighted by Gasteiger charge is -2.38. The lowest BCUT2D eigenvalue weighted by molar-refractivity contribution is -0.140. The van der Waals surface area contributed by atoms with Gasteiger partial charge in [0, 0.05) is 35.8 Å². The molecule has 1 aromatic rings. The Labute approximate surface area is 151 Å². The molecule has 2 N–H and O–H groups in total. The van der Waals surface area contributed by atoms with E-state index in [4.69, 9.17) is 26.2 Å². The average Bonchev–Trinajstić information content (AvgIpc) is 3.41. The van der Waals surface area contributed by atoms with Crippen LogP contribution in [0.15, 0.2) is 18.2 Å². The Morgan fingerprint density at radius 1 is 1.36 bits per heavy atom. The number of nitrogens with one attached hydrogen (secondary N) is 1. The van der Waals surface area contributed by atoms with Gasteiger partial charge in [-0.3, -0.25) is 9.59 Å².